The molecule has 2 unspecified atom stereocenters. The fourth-order valence-electron chi connectivity index (χ4n) is 3.53. The van der Waals surface area contributed by atoms with Gasteiger partial charge in [0.05, 0.1) is 11.5 Å². The SMILES string of the molecule is CC1(C(=O)O)CCN(C2CCCN(c3cccc(F)c3)C2=O)C1. The molecule has 1 N–H and O–H groups in total. The Morgan fingerprint density at radius 2 is 2.17 bits per heavy atom. The lowest BCUT2D eigenvalue weighted by molar-refractivity contribution is -0.147. The van der Waals surface area contributed by atoms with Crippen LogP contribution < -0.4 is 4.90 Å². The zero-order chi connectivity index (χ0) is 16.6. The molecule has 2 saturated heterocycles. The van der Waals surface area contributed by atoms with Gasteiger partial charge in [-0.25, -0.2) is 4.39 Å². The molecule has 0 spiro atoms. The van der Waals surface area contributed by atoms with E-state index >= 15 is 0 Å². The van der Waals surface area contributed by atoms with Gasteiger partial charge in [0.25, 0.3) is 0 Å². The van der Waals surface area contributed by atoms with Gasteiger partial charge in [-0.2, -0.15) is 0 Å². The van der Waals surface area contributed by atoms with Crippen molar-refractivity contribution in [2.45, 2.75) is 32.2 Å². The van der Waals surface area contributed by atoms with Crippen LogP contribution in [-0.4, -0.2) is 47.6 Å². The molecule has 1 amide bonds. The van der Waals surface area contributed by atoms with Gasteiger partial charge in [-0.15, -0.1) is 0 Å². The monoisotopic (exact) mass is 320 g/mol. The molecule has 6 heteroatoms. The Morgan fingerprint density at radius 3 is 2.83 bits per heavy atom. The van der Waals surface area contributed by atoms with E-state index < -0.39 is 11.4 Å². The summed E-state index contributed by atoms with van der Waals surface area (Å²) in [4.78, 5) is 27.8. The summed E-state index contributed by atoms with van der Waals surface area (Å²) in [6.45, 7) is 3.29. The van der Waals surface area contributed by atoms with Gasteiger partial charge in [0.15, 0.2) is 0 Å². The minimum atomic E-state index is -0.815. The quantitative estimate of drug-likeness (QED) is 0.927. The minimum Gasteiger partial charge on any atom is -0.481 e. The van der Waals surface area contributed by atoms with Gasteiger partial charge in [-0.3, -0.25) is 14.5 Å². The third-order valence-electron chi connectivity index (χ3n) is 4.99. The van der Waals surface area contributed by atoms with Crippen LogP contribution in [0, 0.1) is 11.2 Å². The van der Waals surface area contributed by atoms with Crippen molar-refractivity contribution in [2.75, 3.05) is 24.5 Å². The Hall–Kier alpha value is -1.95. The molecule has 2 atom stereocenters. The maximum Gasteiger partial charge on any atom is 0.310 e. The average Bonchev–Trinajstić information content (AvgIpc) is 2.91. The van der Waals surface area contributed by atoms with Crippen molar-refractivity contribution in [2.24, 2.45) is 5.41 Å². The first kappa shape index (κ1) is 15.9. The van der Waals surface area contributed by atoms with Gasteiger partial charge in [-0.1, -0.05) is 6.07 Å². The summed E-state index contributed by atoms with van der Waals surface area (Å²) in [6, 6.07) is 5.74. The summed E-state index contributed by atoms with van der Waals surface area (Å²) in [5, 5.41) is 9.35. The van der Waals surface area contributed by atoms with E-state index in [4.69, 9.17) is 0 Å². The summed E-state index contributed by atoms with van der Waals surface area (Å²) >= 11 is 0. The lowest BCUT2D eigenvalue weighted by Gasteiger charge is -2.37. The Bertz CT molecular complexity index is 636. The van der Waals surface area contributed by atoms with Crippen molar-refractivity contribution < 1.29 is 19.1 Å². The number of nitrogens with zero attached hydrogens (tertiary/aromatic N) is 2. The molecule has 23 heavy (non-hydrogen) atoms. The van der Waals surface area contributed by atoms with Crippen LogP contribution in [0.4, 0.5) is 10.1 Å². The molecule has 0 radical (unpaired) electrons. The van der Waals surface area contributed by atoms with Gasteiger partial charge in [0.2, 0.25) is 5.91 Å². The van der Waals surface area contributed by atoms with Crippen molar-refractivity contribution in [3.63, 3.8) is 0 Å². The van der Waals surface area contributed by atoms with Crippen LogP contribution in [-0.2, 0) is 9.59 Å². The lowest BCUT2D eigenvalue weighted by Crippen LogP contribution is -2.52. The number of carbonyl (C=O) groups is 2. The highest BCUT2D eigenvalue weighted by atomic mass is 19.1. The number of hydrogen-bond acceptors (Lipinski definition) is 3. The summed E-state index contributed by atoms with van der Waals surface area (Å²) in [5.74, 6) is -1.24. The van der Waals surface area contributed by atoms with E-state index in [1.807, 2.05) is 4.90 Å². The normalized spacial score (nSPS) is 29.0. The summed E-state index contributed by atoms with van der Waals surface area (Å²) in [5.41, 5.74) is -0.221. The Balaban J connectivity index is 1.77. The first-order valence-electron chi connectivity index (χ1n) is 7.95. The van der Waals surface area contributed by atoms with Crippen molar-refractivity contribution in [1.29, 1.82) is 0 Å². The number of carboxylic acids is 1. The summed E-state index contributed by atoms with van der Waals surface area (Å²) in [6.07, 6.45) is 2.10. The van der Waals surface area contributed by atoms with Gasteiger partial charge in [-0.05, 0) is 44.4 Å². The Morgan fingerprint density at radius 1 is 1.39 bits per heavy atom. The molecule has 2 aliphatic rings. The van der Waals surface area contributed by atoms with E-state index in [0.29, 0.717) is 31.7 Å². The van der Waals surface area contributed by atoms with E-state index in [1.165, 1.54) is 12.1 Å². The molecule has 1 aromatic carbocycles. The maximum absolute atomic E-state index is 13.4. The van der Waals surface area contributed by atoms with Crippen molar-refractivity contribution in [3.8, 4) is 0 Å². The predicted molar refractivity (Wildman–Crippen MR) is 83.7 cm³/mol. The maximum atomic E-state index is 13.4. The third-order valence-corrected chi connectivity index (χ3v) is 4.99. The molecule has 0 saturated carbocycles. The van der Waals surface area contributed by atoms with E-state index in [2.05, 4.69) is 0 Å². The second-order valence-corrected chi connectivity index (χ2v) is 6.71. The summed E-state index contributed by atoms with van der Waals surface area (Å²) < 4.78 is 13.4. The van der Waals surface area contributed by atoms with Crippen molar-refractivity contribution in [3.05, 3.63) is 30.1 Å². The van der Waals surface area contributed by atoms with Crippen molar-refractivity contribution >= 4 is 17.6 Å². The van der Waals surface area contributed by atoms with Gasteiger partial charge < -0.3 is 10.0 Å². The Kier molecular flexibility index (Phi) is 4.10. The molecule has 0 bridgehead atoms. The number of hydrogen-bond donors (Lipinski definition) is 1. The highest BCUT2D eigenvalue weighted by Crippen LogP contribution is 2.34. The first-order valence-corrected chi connectivity index (χ1v) is 7.95. The fourth-order valence-corrected chi connectivity index (χ4v) is 3.53. The summed E-state index contributed by atoms with van der Waals surface area (Å²) in [7, 11) is 0. The van der Waals surface area contributed by atoms with Gasteiger partial charge in [0.1, 0.15) is 5.82 Å². The van der Waals surface area contributed by atoms with Gasteiger partial charge in [0, 0.05) is 25.3 Å². The second-order valence-electron chi connectivity index (χ2n) is 6.71. The number of halogens is 1. The van der Waals surface area contributed by atoms with E-state index in [1.54, 1.807) is 24.0 Å². The molecule has 2 fully saturated rings. The average molecular weight is 320 g/mol. The molecule has 0 aromatic heterocycles. The van der Waals surface area contributed by atoms with Crippen LogP contribution >= 0.6 is 0 Å². The zero-order valence-electron chi connectivity index (χ0n) is 13.2. The van der Waals surface area contributed by atoms with Crippen LogP contribution in [0.25, 0.3) is 0 Å². The number of carboxylic acid groups (broad SMARTS) is 1. The van der Waals surface area contributed by atoms with E-state index in [0.717, 1.165) is 12.8 Å². The number of aliphatic carboxylic acids is 1. The van der Waals surface area contributed by atoms with Crippen LogP contribution in [0.1, 0.15) is 26.2 Å². The molecular weight excluding hydrogens is 299 g/mol. The third kappa shape index (κ3) is 2.95. The Labute approximate surface area is 134 Å². The number of rotatable bonds is 3. The predicted octanol–water partition coefficient (Wildman–Crippen LogP) is 2.12. The molecule has 124 valence electrons. The number of likely N-dealkylation sites (tertiary alicyclic amines) is 1. The second kappa shape index (κ2) is 5.92. The topological polar surface area (TPSA) is 60.9 Å². The first-order chi connectivity index (χ1) is 10.9. The van der Waals surface area contributed by atoms with Gasteiger partial charge >= 0.3 is 5.97 Å². The molecule has 5 nitrogen and oxygen atoms in total. The zero-order valence-corrected chi connectivity index (χ0v) is 13.2. The van der Waals surface area contributed by atoms with E-state index in [-0.39, 0.29) is 17.8 Å². The highest BCUT2D eigenvalue weighted by Gasteiger charge is 2.45. The molecule has 3 rings (SSSR count). The molecule has 0 aliphatic carbocycles. The van der Waals surface area contributed by atoms with E-state index in [9.17, 15) is 19.1 Å². The minimum absolute atomic E-state index is 0.0588. The number of piperidine rings is 1. The number of amides is 1. The number of carbonyl (C=O) groups excluding carboxylic acids is 1. The number of anilines is 1. The standard InChI is InChI=1S/C17H21FN2O3/c1-17(16(22)23)7-9-19(11-17)14-6-3-8-20(15(14)21)13-5-2-4-12(18)10-13/h2,4-5,10,14H,3,6-9,11H2,1H3,(H,22,23). The van der Waals surface area contributed by atoms with Crippen LogP contribution in [0.2, 0.25) is 0 Å². The van der Waals surface area contributed by atoms with Crippen molar-refractivity contribution in [1.82, 2.24) is 4.90 Å². The fraction of sp³-hybridized carbons (Fsp3) is 0.529. The smallest absolute Gasteiger partial charge is 0.310 e. The highest BCUT2D eigenvalue weighted by molar-refractivity contribution is 5.98. The van der Waals surface area contributed by atoms with Crippen LogP contribution in [0.15, 0.2) is 24.3 Å². The van der Waals surface area contributed by atoms with Crippen LogP contribution in [0.3, 0.4) is 0 Å². The lowest BCUT2D eigenvalue weighted by atomic mass is 9.90. The molecular formula is C17H21FN2O3. The molecule has 1 aromatic rings. The largest absolute Gasteiger partial charge is 0.481 e. The van der Waals surface area contributed by atoms with Crippen LogP contribution in [0.5, 0.6) is 0 Å². The molecule has 2 aliphatic heterocycles. The molecule has 2 heterocycles. The number of benzene rings is 1.